The van der Waals surface area contributed by atoms with Gasteiger partial charge in [0.25, 0.3) is 5.91 Å². The van der Waals surface area contributed by atoms with E-state index in [1.165, 1.54) is 12.5 Å². The number of rotatable bonds is 7. The summed E-state index contributed by atoms with van der Waals surface area (Å²) in [7, 11) is 0. The summed E-state index contributed by atoms with van der Waals surface area (Å²) in [6.45, 7) is 5.41. The Morgan fingerprint density at radius 3 is 2.48 bits per heavy atom. The number of aryl methyl sites for hydroxylation is 1. The van der Waals surface area contributed by atoms with Gasteiger partial charge in [0.1, 0.15) is 5.75 Å². The lowest BCUT2D eigenvalue weighted by Gasteiger charge is -2.15. The van der Waals surface area contributed by atoms with Crippen LogP contribution in [0.1, 0.15) is 37.9 Å². The van der Waals surface area contributed by atoms with Gasteiger partial charge in [-0.05, 0) is 36.6 Å². The van der Waals surface area contributed by atoms with Crippen molar-refractivity contribution in [2.75, 3.05) is 11.9 Å². The van der Waals surface area contributed by atoms with Gasteiger partial charge in [-0.25, -0.2) is 0 Å². The van der Waals surface area contributed by atoms with Crippen molar-refractivity contribution >= 4 is 17.5 Å². The Morgan fingerprint density at radius 1 is 1.12 bits per heavy atom. The molecule has 2 amide bonds. The van der Waals surface area contributed by atoms with Crippen molar-refractivity contribution in [1.29, 1.82) is 0 Å². The SMILES string of the molecule is CCc1ccc([C@H](C)NC(=O)COc2cccc(NC(C)=O)c2)cc1. The minimum atomic E-state index is -0.197. The zero-order chi connectivity index (χ0) is 18.2. The maximum absolute atomic E-state index is 12.1. The summed E-state index contributed by atoms with van der Waals surface area (Å²) in [6, 6.07) is 15.1. The molecule has 0 saturated carbocycles. The quantitative estimate of drug-likeness (QED) is 0.811. The molecule has 5 heteroatoms. The molecule has 0 bridgehead atoms. The Kier molecular flexibility index (Phi) is 6.57. The van der Waals surface area contributed by atoms with Crippen LogP contribution in [0.25, 0.3) is 0 Å². The zero-order valence-electron chi connectivity index (χ0n) is 14.8. The van der Waals surface area contributed by atoms with Crippen LogP contribution in [0, 0.1) is 0 Å². The third kappa shape index (κ3) is 5.95. The summed E-state index contributed by atoms with van der Waals surface area (Å²) in [6.07, 6.45) is 0.992. The van der Waals surface area contributed by atoms with E-state index in [-0.39, 0.29) is 24.5 Å². The minimum Gasteiger partial charge on any atom is -0.484 e. The van der Waals surface area contributed by atoms with Gasteiger partial charge in [-0.2, -0.15) is 0 Å². The van der Waals surface area contributed by atoms with E-state index in [2.05, 4.69) is 29.7 Å². The van der Waals surface area contributed by atoms with E-state index < -0.39 is 0 Å². The summed E-state index contributed by atoms with van der Waals surface area (Å²) in [5.74, 6) is 0.177. The first kappa shape index (κ1) is 18.5. The normalized spacial score (nSPS) is 11.5. The second-order valence-corrected chi connectivity index (χ2v) is 5.88. The molecule has 2 N–H and O–H groups in total. The first-order valence-electron chi connectivity index (χ1n) is 8.36. The van der Waals surface area contributed by atoms with Crippen molar-refractivity contribution in [3.63, 3.8) is 0 Å². The molecule has 0 heterocycles. The van der Waals surface area contributed by atoms with Gasteiger partial charge in [0.05, 0.1) is 6.04 Å². The van der Waals surface area contributed by atoms with Crippen LogP contribution in [0.4, 0.5) is 5.69 Å². The molecule has 1 atom stereocenters. The molecule has 2 aromatic carbocycles. The number of hydrogen-bond acceptors (Lipinski definition) is 3. The van der Waals surface area contributed by atoms with Gasteiger partial charge >= 0.3 is 0 Å². The van der Waals surface area contributed by atoms with Crippen LogP contribution in [0.5, 0.6) is 5.75 Å². The van der Waals surface area contributed by atoms with Crippen molar-refractivity contribution in [2.45, 2.75) is 33.2 Å². The highest BCUT2D eigenvalue weighted by Gasteiger charge is 2.10. The van der Waals surface area contributed by atoms with Gasteiger partial charge in [0, 0.05) is 18.7 Å². The van der Waals surface area contributed by atoms with Crippen LogP contribution >= 0.6 is 0 Å². The van der Waals surface area contributed by atoms with Gasteiger partial charge in [0.15, 0.2) is 6.61 Å². The summed E-state index contributed by atoms with van der Waals surface area (Å²) in [5.41, 5.74) is 2.96. The lowest BCUT2D eigenvalue weighted by molar-refractivity contribution is -0.123. The van der Waals surface area contributed by atoms with E-state index in [0.717, 1.165) is 12.0 Å². The third-order valence-electron chi connectivity index (χ3n) is 3.79. The van der Waals surface area contributed by atoms with Crippen LogP contribution in [0.2, 0.25) is 0 Å². The van der Waals surface area contributed by atoms with E-state index in [1.807, 2.05) is 19.1 Å². The van der Waals surface area contributed by atoms with Crippen molar-refractivity contribution in [1.82, 2.24) is 5.32 Å². The first-order valence-corrected chi connectivity index (χ1v) is 8.36. The summed E-state index contributed by atoms with van der Waals surface area (Å²) in [4.78, 5) is 23.2. The Bertz CT molecular complexity index is 726. The molecule has 0 aliphatic carbocycles. The molecule has 5 nitrogen and oxygen atoms in total. The van der Waals surface area contributed by atoms with Crippen LogP contribution < -0.4 is 15.4 Å². The molecule has 0 aromatic heterocycles. The molecule has 2 rings (SSSR count). The molecule has 25 heavy (non-hydrogen) atoms. The highest BCUT2D eigenvalue weighted by Crippen LogP contribution is 2.17. The Hall–Kier alpha value is -2.82. The number of ether oxygens (including phenoxy) is 1. The fourth-order valence-electron chi connectivity index (χ4n) is 2.42. The van der Waals surface area contributed by atoms with Crippen LogP contribution in [0.15, 0.2) is 48.5 Å². The zero-order valence-corrected chi connectivity index (χ0v) is 14.8. The number of benzene rings is 2. The molecule has 0 radical (unpaired) electrons. The maximum atomic E-state index is 12.1. The number of hydrogen-bond donors (Lipinski definition) is 2. The van der Waals surface area contributed by atoms with Crippen molar-refractivity contribution in [3.8, 4) is 5.75 Å². The average Bonchev–Trinajstić information content (AvgIpc) is 2.60. The Labute approximate surface area is 148 Å². The van der Waals surface area contributed by atoms with E-state index in [9.17, 15) is 9.59 Å². The minimum absolute atomic E-state index is 0.0824. The topological polar surface area (TPSA) is 67.4 Å². The lowest BCUT2D eigenvalue weighted by atomic mass is 10.1. The van der Waals surface area contributed by atoms with Crippen LogP contribution in [-0.4, -0.2) is 18.4 Å². The lowest BCUT2D eigenvalue weighted by Crippen LogP contribution is -2.31. The molecule has 2 aromatic rings. The Balaban J connectivity index is 1.86. The fourth-order valence-corrected chi connectivity index (χ4v) is 2.42. The fraction of sp³-hybridized carbons (Fsp3) is 0.300. The van der Waals surface area contributed by atoms with Crippen molar-refractivity contribution in [3.05, 3.63) is 59.7 Å². The smallest absolute Gasteiger partial charge is 0.258 e. The summed E-state index contributed by atoms with van der Waals surface area (Å²) in [5, 5.41) is 5.59. The molecule has 132 valence electrons. The average molecular weight is 340 g/mol. The van der Waals surface area contributed by atoms with Gasteiger partial charge < -0.3 is 15.4 Å². The maximum Gasteiger partial charge on any atom is 0.258 e. The predicted octanol–water partition coefficient (Wildman–Crippen LogP) is 3.46. The molecule has 0 spiro atoms. The van der Waals surface area contributed by atoms with Crippen molar-refractivity contribution < 1.29 is 14.3 Å². The second kappa shape index (κ2) is 8.87. The molecule has 0 aliphatic heterocycles. The molecular weight excluding hydrogens is 316 g/mol. The van der Waals surface area contributed by atoms with Gasteiger partial charge in [-0.15, -0.1) is 0 Å². The number of carbonyl (C=O) groups is 2. The number of anilines is 1. The molecular formula is C20H24N2O3. The number of nitrogens with one attached hydrogen (secondary N) is 2. The van der Waals surface area contributed by atoms with Gasteiger partial charge in [-0.3, -0.25) is 9.59 Å². The van der Waals surface area contributed by atoms with E-state index in [0.29, 0.717) is 11.4 Å². The monoisotopic (exact) mass is 340 g/mol. The molecule has 0 unspecified atom stereocenters. The van der Waals surface area contributed by atoms with E-state index in [4.69, 9.17) is 4.74 Å². The van der Waals surface area contributed by atoms with Crippen LogP contribution in [-0.2, 0) is 16.0 Å². The van der Waals surface area contributed by atoms with Crippen molar-refractivity contribution in [2.24, 2.45) is 0 Å². The Morgan fingerprint density at radius 2 is 1.84 bits per heavy atom. The van der Waals surface area contributed by atoms with E-state index >= 15 is 0 Å². The first-order chi connectivity index (χ1) is 12.0. The standard InChI is InChI=1S/C20H24N2O3/c1-4-16-8-10-17(11-9-16)14(2)21-20(24)13-25-19-7-5-6-18(12-19)22-15(3)23/h5-12,14H,4,13H2,1-3H3,(H,21,24)(H,22,23)/t14-/m0/s1. The molecule has 0 fully saturated rings. The van der Waals surface area contributed by atoms with Gasteiger partial charge in [-0.1, -0.05) is 37.3 Å². The number of amides is 2. The molecule has 0 saturated heterocycles. The summed E-state index contributed by atoms with van der Waals surface area (Å²) >= 11 is 0. The number of carbonyl (C=O) groups excluding carboxylic acids is 2. The van der Waals surface area contributed by atoms with Crippen LogP contribution in [0.3, 0.4) is 0 Å². The predicted molar refractivity (Wildman–Crippen MR) is 98.6 cm³/mol. The largest absolute Gasteiger partial charge is 0.484 e. The third-order valence-corrected chi connectivity index (χ3v) is 3.79. The highest BCUT2D eigenvalue weighted by atomic mass is 16.5. The van der Waals surface area contributed by atoms with E-state index in [1.54, 1.807) is 24.3 Å². The highest BCUT2D eigenvalue weighted by molar-refractivity contribution is 5.88. The van der Waals surface area contributed by atoms with Gasteiger partial charge in [0.2, 0.25) is 5.91 Å². The molecule has 0 aliphatic rings. The second-order valence-electron chi connectivity index (χ2n) is 5.88. The summed E-state index contributed by atoms with van der Waals surface area (Å²) < 4.78 is 5.50.